The van der Waals surface area contributed by atoms with E-state index in [0.717, 1.165) is 10.2 Å². The molecular formula is C8H10ClNO3S. The van der Waals surface area contributed by atoms with Gasteiger partial charge in [-0.25, -0.2) is 12.4 Å². The molecule has 0 aromatic carbocycles. The zero-order valence-electron chi connectivity index (χ0n) is 7.82. The molecule has 0 bridgehead atoms. The smallest absolute Gasteiger partial charge is 0.236 e. The Bertz CT molecular complexity index is 461. The van der Waals surface area contributed by atoms with Crippen LogP contribution in [0.2, 0.25) is 5.15 Å². The maximum absolute atomic E-state index is 11.1. The van der Waals surface area contributed by atoms with Crippen LogP contribution in [0.4, 0.5) is 0 Å². The maximum atomic E-state index is 11.1. The minimum absolute atomic E-state index is 0.0349. The molecule has 0 aliphatic carbocycles. The Morgan fingerprint density at radius 1 is 1.57 bits per heavy atom. The van der Waals surface area contributed by atoms with E-state index in [1.807, 2.05) is 0 Å². The highest BCUT2D eigenvalue weighted by atomic mass is 35.5. The summed E-state index contributed by atoms with van der Waals surface area (Å²) < 4.78 is 23.2. The number of hydrogen-bond donors (Lipinski definition) is 0. The van der Waals surface area contributed by atoms with Gasteiger partial charge in [0.2, 0.25) is 10.0 Å². The van der Waals surface area contributed by atoms with E-state index in [4.69, 9.17) is 11.6 Å². The molecule has 0 unspecified atom stereocenters. The number of nitrogens with zero attached hydrogens (tertiary/aromatic N) is 1. The maximum Gasteiger partial charge on any atom is 0.236 e. The van der Waals surface area contributed by atoms with Gasteiger partial charge in [-0.3, -0.25) is 4.79 Å². The number of halogens is 1. The Labute approximate surface area is 87.5 Å². The average Bonchev–Trinajstić information content (AvgIpc) is 2.27. The molecule has 0 fully saturated rings. The number of carbonyl (C=O) groups excluding carboxylic acids is 1. The lowest BCUT2D eigenvalue weighted by Gasteiger charge is -1.98. The third-order valence-electron chi connectivity index (χ3n) is 1.61. The summed E-state index contributed by atoms with van der Waals surface area (Å²) in [6, 6.07) is 1.48. The van der Waals surface area contributed by atoms with Crippen molar-refractivity contribution in [3.8, 4) is 0 Å². The van der Waals surface area contributed by atoms with Crippen molar-refractivity contribution in [2.45, 2.75) is 13.3 Å². The Morgan fingerprint density at radius 2 is 2.14 bits per heavy atom. The van der Waals surface area contributed by atoms with Crippen LogP contribution >= 0.6 is 11.6 Å². The van der Waals surface area contributed by atoms with E-state index in [2.05, 4.69) is 0 Å². The van der Waals surface area contributed by atoms with Crippen molar-refractivity contribution in [1.82, 2.24) is 3.97 Å². The van der Waals surface area contributed by atoms with Crippen LogP contribution < -0.4 is 0 Å². The SMILES string of the molecule is CC(=O)Cc1cc(Cl)n(S(C)(=O)=O)c1. The predicted molar refractivity (Wildman–Crippen MR) is 54.1 cm³/mol. The van der Waals surface area contributed by atoms with E-state index >= 15 is 0 Å². The molecule has 1 aromatic heterocycles. The molecule has 0 amide bonds. The standard InChI is InChI=1S/C8H10ClNO3S/c1-6(11)3-7-4-8(9)10(5-7)14(2,12)13/h4-5H,3H2,1-2H3. The topological polar surface area (TPSA) is 56.1 Å². The van der Waals surface area contributed by atoms with Crippen LogP contribution in [-0.4, -0.2) is 24.4 Å². The zero-order chi connectivity index (χ0) is 10.9. The molecule has 0 radical (unpaired) electrons. The van der Waals surface area contributed by atoms with Crippen LogP contribution in [0.3, 0.4) is 0 Å². The molecule has 1 heterocycles. The first-order chi connectivity index (χ1) is 6.30. The summed E-state index contributed by atoms with van der Waals surface area (Å²) in [7, 11) is -3.38. The number of hydrogen-bond acceptors (Lipinski definition) is 3. The van der Waals surface area contributed by atoms with E-state index in [1.54, 1.807) is 0 Å². The molecule has 0 atom stereocenters. The first kappa shape index (κ1) is 11.3. The third-order valence-corrected chi connectivity index (χ3v) is 3.02. The van der Waals surface area contributed by atoms with E-state index in [-0.39, 0.29) is 17.4 Å². The lowest BCUT2D eigenvalue weighted by molar-refractivity contribution is -0.116. The van der Waals surface area contributed by atoms with Crippen LogP contribution in [0.1, 0.15) is 12.5 Å². The normalized spacial score (nSPS) is 11.6. The quantitative estimate of drug-likeness (QED) is 0.788. The monoisotopic (exact) mass is 235 g/mol. The summed E-state index contributed by atoms with van der Waals surface area (Å²) in [5.74, 6) is -0.0349. The fourth-order valence-corrected chi connectivity index (χ4v) is 2.37. The van der Waals surface area contributed by atoms with Crippen LogP contribution in [0.25, 0.3) is 0 Å². The number of ketones is 1. The van der Waals surface area contributed by atoms with Crippen LogP contribution in [0.5, 0.6) is 0 Å². The van der Waals surface area contributed by atoms with E-state index in [0.29, 0.717) is 5.56 Å². The molecule has 14 heavy (non-hydrogen) atoms. The molecule has 0 aliphatic heterocycles. The summed E-state index contributed by atoms with van der Waals surface area (Å²) in [6.45, 7) is 1.44. The predicted octanol–water partition coefficient (Wildman–Crippen LogP) is 1.08. The van der Waals surface area contributed by atoms with Crippen molar-refractivity contribution >= 4 is 27.4 Å². The van der Waals surface area contributed by atoms with Crippen LogP contribution in [-0.2, 0) is 21.2 Å². The molecule has 0 spiro atoms. The Kier molecular flexibility index (Phi) is 3.01. The molecule has 0 aliphatic rings. The molecule has 0 saturated carbocycles. The lowest BCUT2D eigenvalue weighted by Crippen LogP contribution is -2.08. The zero-order valence-corrected chi connectivity index (χ0v) is 9.39. The van der Waals surface area contributed by atoms with Gasteiger partial charge in [0.25, 0.3) is 0 Å². The van der Waals surface area contributed by atoms with E-state index < -0.39 is 10.0 Å². The lowest BCUT2D eigenvalue weighted by atomic mass is 10.2. The summed E-state index contributed by atoms with van der Waals surface area (Å²) in [5, 5.41) is 0.101. The second-order valence-corrected chi connectivity index (χ2v) is 5.36. The summed E-state index contributed by atoms with van der Waals surface area (Å²) in [4.78, 5) is 10.8. The number of carbonyl (C=O) groups is 1. The highest BCUT2D eigenvalue weighted by Crippen LogP contribution is 2.16. The number of Topliss-reactive ketones (excluding diaryl/α,β-unsaturated/α-hetero) is 1. The molecule has 6 heteroatoms. The van der Waals surface area contributed by atoms with Gasteiger partial charge in [-0.15, -0.1) is 0 Å². The van der Waals surface area contributed by atoms with Gasteiger partial charge in [0, 0.05) is 12.6 Å². The van der Waals surface area contributed by atoms with Crippen molar-refractivity contribution in [1.29, 1.82) is 0 Å². The van der Waals surface area contributed by atoms with Gasteiger partial charge in [-0.1, -0.05) is 11.6 Å². The second kappa shape index (κ2) is 3.74. The minimum atomic E-state index is -3.38. The molecule has 78 valence electrons. The first-order valence-electron chi connectivity index (χ1n) is 3.87. The van der Waals surface area contributed by atoms with Crippen molar-refractivity contribution in [3.05, 3.63) is 23.0 Å². The minimum Gasteiger partial charge on any atom is -0.300 e. The van der Waals surface area contributed by atoms with E-state index in [1.165, 1.54) is 19.2 Å². The Hall–Kier alpha value is -0.810. The van der Waals surface area contributed by atoms with E-state index in [9.17, 15) is 13.2 Å². The van der Waals surface area contributed by atoms with Gasteiger partial charge < -0.3 is 0 Å². The van der Waals surface area contributed by atoms with Crippen LogP contribution in [0.15, 0.2) is 12.3 Å². The molecular weight excluding hydrogens is 226 g/mol. The summed E-state index contributed by atoms with van der Waals surface area (Å²) >= 11 is 5.69. The molecule has 1 aromatic rings. The third kappa shape index (κ3) is 2.59. The number of rotatable bonds is 3. The highest BCUT2D eigenvalue weighted by molar-refractivity contribution is 7.89. The van der Waals surface area contributed by atoms with Crippen molar-refractivity contribution < 1.29 is 13.2 Å². The Balaban J connectivity index is 3.12. The average molecular weight is 236 g/mol. The highest BCUT2D eigenvalue weighted by Gasteiger charge is 2.12. The fourth-order valence-electron chi connectivity index (χ4n) is 1.10. The summed E-state index contributed by atoms with van der Waals surface area (Å²) in [5.41, 5.74) is 0.605. The van der Waals surface area contributed by atoms with Gasteiger partial charge in [0.15, 0.2) is 0 Å². The van der Waals surface area contributed by atoms with Gasteiger partial charge >= 0.3 is 0 Å². The molecule has 4 nitrogen and oxygen atoms in total. The van der Waals surface area contributed by atoms with Crippen molar-refractivity contribution in [2.75, 3.05) is 6.26 Å². The van der Waals surface area contributed by atoms with Crippen molar-refractivity contribution in [3.63, 3.8) is 0 Å². The van der Waals surface area contributed by atoms with Gasteiger partial charge in [-0.2, -0.15) is 0 Å². The summed E-state index contributed by atoms with van der Waals surface area (Å²) in [6.07, 6.45) is 2.61. The molecule has 0 saturated heterocycles. The van der Waals surface area contributed by atoms with Gasteiger partial charge in [-0.05, 0) is 18.6 Å². The number of aromatic nitrogens is 1. The van der Waals surface area contributed by atoms with Crippen LogP contribution in [0, 0.1) is 0 Å². The first-order valence-corrected chi connectivity index (χ1v) is 6.10. The van der Waals surface area contributed by atoms with Gasteiger partial charge in [0.1, 0.15) is 10.9 Å². The van der Waals surface area contributed by atoms with Gasteiger partial charge in [0.05, 0.1) is 6.26 Å². The largest absolute Gasteiger partial charge is 0.300 e. The fraction of sp³-hybridized carbons (Fsp3) is 0.375. The second-order valence-electron chi connectivity index (χ2n) is 3.11. The Morgan fingerprint density at radius 3 is 2.50 bits per heavy atom. The van der Waals surface area contributed by atoms with Crippen molar-refractivity contribution in [2.24, 2.45) is 0 Å². The molecule has 0 N–H and O–H groups in total. The molecule has 1 rings (SSSR count).